The minimum Gasteiger partial charge on any atom is -0.354 e. The van der Waals surface area contributed by atoms with Crippen molar-refractivity contribution in [1.82, 2.24) is 10.3 Å². The molecule has 1 aliphatic rings. The van der Waals surface area contributed by atoms with Gasteiger partial charge in [0.1, 0.15) is 5.82 Å². The van der Waals surface area contributed by atoms with Gasteiger partial charge in [0, 0.05) is 24.7 Å². The lowest BCUT2D eigenvalue weighted by atomic mass is 10.1. The van der Waals surface area contributed by atoms with E-state index < -0.39 is 0 Å². The van der Waals surface area contributed by atoms with Crippen LogP contribution in [0.2, 0.25) is 0 Å². The Morgan fingerprint density at radius 2 is 2.05 bits per heavy atom. The molecule has 0 aromatic carbocycles. The quantitative estimate of drug-likeness (QED) is 0.821. The first-order valence-corrected chi connectivity index (χ1v) is 7.97. The summed E-state index contributed by atoms with van der Waals surface area (Å²) in [4.78, 5) is 7.36. The molecule has 1 heterocycles. The molecular weight excluding hydrogens is 246 g/mol. The van der Waals surface area contributed by atoms with Crippen molar-refractivity contribution in [3.8, 4) is 0 Å². The Morgan fingerprint density at radius 1 is 1.30 bits per heavy atom. The van der Waals surface area contributed by atoms with Crippen LogP contribution in [0.5, 0.6) is 0 Å². The van der Waals surface area contributed by atoms with Crippen LogP contribution in [-0.4, -0.2) is 23.1 Å². The lowest BCUT2D eigenvalue weighted by Crippen LogP contribution is -2.35. The first-order chi connectivity index (χ1) is 9.49. The molecule has 112 valence electrons. The summed E-state index contributed by atoms with van der Waals surface area (Å²) in [6, 6.07) is 7.16. The second kappa shape index (κ2) is 6.57. The van der Waals surface area contributed by atoms with E-state index in [4.69, 9.17) is 4.98 Å². The maximum atomic E-state index is 4.85. The van der Waals surface area contributed by atoms with Gasteiger partial charge in [-0.15, -0.1) is 0 Å². The molecule has 1 N–H and O–H groups in total. The van der Waals surface area contributed by atoms with Crippen molar-refractivity contribution in [3.05, 3.63) is 23.9 Å². The lowest BCUT2D eigenvalue weighted by Gasteiger charge is -2.24. The van der Waals surface area contributed by atoms with Crippen molar-refractivity contribution in [3.63, 3.8) is 0 Å². The Balaban J connectivity index is 2.03. The first-order valence-electron chi connectivity index (χ1n) is 7.97. The van der Waals surface area contributed by atoms with E-state index in [0.717, 1.165) is 30.6 Å². The smallest absolute Gasteiger partial charge is 0.129 e. The Hall–Kier alpha value is -1.09. The normalized spacial score (nSPS) is 15.4. The van der Waals surface area contributed by atoms with Crippen LogP contribution in [0.25, 0.3) is 0 Å². The van der Waals surface area contributed by atoms with Crippen molar-refractivity contribution >= 4 is 5.82 Å². The van der Waals surface area contributed by atoms with Crippen LogP contribution >= 0.6 is 0 Å². The second-order valence-electron chi connectivity index (χ2n) is 6.87. The maximum Gasteiger partial charge on any atom is 0.129 e. The zero-order valence-electron chi connectivity index (χ0n) is 13.4. The molecule has 0 amide bonds. The van der Waals surface area contributed by atoms with Gasteiger partial charge in [-0.05, 0) is 52.2 Å². The van der Waals surface area contributed by atoms with Crippen molar-refractivity contribution in [2.75, 3.05) is 11.4 Å². The number of hydrogen-bond acceptors (Lipinski definition) is 3. The third-order valence-corrected chi connectivity index (χ3v) is 3.63. The second-order valence-corrected chi connectivity index (χ2v) is 6.87. The van der Waals surface area contributed by atoms with Gasteiger partial charge in [0.25, 0.3) is 0 Å². The van der Waals surface area contributed by atoms with Crippen LogP contribution in [0.4, 0.5) is 5.82 Å². The van der Waals surface area contributed by atoms with Gasteiger partial charge in [-0.2, -0.15) is 0 Å². The molecule has 1 aromatic heterocycles. The predicted molar refractivity (Wildman–Crippen MR) is 86.1 cm³/mol. The standard InChI is InChI=1S/C17H29N3/c1-5-6-12-20(15-10-11-15)16-9-7-8-14(19-16)13-18-17(2,3)4/h7-9,15,18H,5-6,10-13H2,1-4H3. The fourth-order valence-corrected chi connectivity index (χ4v) is 2.28. The maximum absolute atomic E-state index is 4.85. The Labute approximate surface area is 123 Å². The van der Waals surface area contributed by atoms with E-state index in [0.29, 0.717) is 0 Å². The van der Waals surface area contributed by atoms with Gasteiger partial charge >= 0.3 is 0 Å². The van der Waals surface area contributed by atoms with Crippen LogP contribution in [-0.2, 0) is 6.54 Å². The van der Waals surface area contributed by atoms with Crippen LogP contribution in [0.1, 0.15) is 59.1 Å². The molecule has 0 spiro atoms. The zero-order chi connectivity index (χ0) is 14.6. The average Bonchev–Trinajstić information content (AvgIpc) is 3.21. The summed E-state index contributed by atoms with van der Waals surface area (Å²) < 4.78 is 0. The van der Waals surface area contributed by atoms with E-state index in [-0.39, 0.29) is 5.54 Å². The topological polar surface area (TPSA) is 28.2 Å². The molecule has 0 atom stereocenters. The van der Waals surface area contributed by atoms with Gasteiger partial charge in [-0.3, -0.25) is 0 Å². The summed E-state index contributed by atoms with van der Waals surface area (Å²) in [5, 5.41) is 3.51. The number of nitrogens with one attached hydrogen (secondary N) is 1. The van der Waals surface area contributed by atoms with E-state index in [1.165, 1.54) is 25.7 Å². The number of unbranched alkanes of at least 4 members (excludes halogenated alkanes) is 1. The highest BCUT2D eigenvalue weighted by atomic mass is 15.2. The van der Waals surface area contributed by atoms with Gasteiger partial charge < -0.3 is 10.2 Å². The molecule has 0 aliphatic heterocycles. The third kappa shape index (κ3) is 4.78. The van der Waals surface area contributed by atoms with E-state index in [1.54, 1.807) is 0 Å². The van der Waals surface area contributed by atoms with E-state index in [1.807, 2.05) is 0 Å². The molecular formula is C17H29N3. The summed E-state index contributed by atoms with van der Waals surface area (Å²) in [7, 11) is 0. The third-order valence-electron chi connectivity index (χ3n) is 3.63. The molecule has 3 heteroatoms. The van der Waals surface area contributed by atoms with Crippen LogP contribution in [0, 0.1) is 0 Å². The summed E-state index contributed by atoms with van der Waals surface area (Å²) in [5.41, 5.74) is 1.27. The van der Waals surface area contributed by atoms with E-state index >= 15 is 0 Å². The number of aromatic nitrogens is 1. The van der Waals surface area contributed by atoms with Gasteiger partial charge in [-0.25, -0.2) is 4.98 Å². The molecule has 0 bridgehead atoms. The summed E-state index contributed by atoms with van der Waals surface area (Å²) in [6.07, 6.45) is 5.16. The molecule has 1 aliphatic carbocycles. The lowest BCUT2D eigenvalue weighted by molar-refractivity contribution is 0.421. The number of hydrogen-bond donors (Lipinski definition) is 1. The van der Waals surface area contributed by atoms with Crippen molar-refractivity contribution in [2.24, 2.45) is 0 Å². The SMILES string of the molecule is CCCCN(c1cccc(CNC(C)(C)C)n1)C1CC1. The molecule has 0 unspecified atom stereocenters. The summed E-state index contributed by atoms with van der Waals surface area (Å²) in [6.45, 7) is 10.8. The Morgan fingerprint density at radius 3 is 2.65 bits per heavy atom. The van der Waals surface area contributed by atoms with Crippen molar-refractivity contribution < 1.29 is 0 Å². The minimum atomic E-state index is 0.135. The summed E-state index contributed by atoms with van der Waals surface area (Å²) >= 11 is 0. The highest BCUT2D eigenvalue weighted by molar-refractivity contribution is 5.42. The van der Waals surface area contributed by atoms with Crippen molar-refractivity contribution in [2.45, 2.75) is 71.5 Å². The molecule has 2 rings (SSSR count). The highest BCUT2D eigenvalue weighted by Crippen LogP contribution is 2.30. The molecule has 3 nitrogen and oxygen atoms in total. The molecule has 0 radical (unpaired) electrons. The number of nitrogens with zero attached hydrogens (tertiary/aromatic N) is 2. The van der Waals surface area contributed by atoms with E-state index in [2.05, 4.69) is 56.1 Å². The van der Waals surface area contributed by atoms with Crippen LogP contribution < -0.4 is 10.2 Å². The summed E-state index contributed by atoms with van der Waals surface area (Å²) in [5.74, 6) is 1.16. The fourth-order valence-electron chi connectivity index (χ4n) is 2.28. The van der Waals surface area contributed by atoms with Crippen LogP contribution in [0.3, 0.4) is 0 Å². The average molecular weight is 275 g/mol. The van der Waals surface area contributed by atoms with Gasteiger partial charge in [0.05, 0.1) is 5.69 Å². The minimum absolute atomic E-state index is 0.135. The largest absolute Gasteiger partial charge is 0.354 e. The van der Waals surface area contributed by atoms with Gasteiger partial charge in [0.15, 0.2) is 0 Å². The Bertz CT molecular complexity index is 418. The highest BCUT2D eigenvalue weighted by Gasteiger charge is 2.29. The molecule has 1 saturated carbocycles. The van der Waals surface area contributed by atoms with Gasteiger partial charge in [-0.1, -0.05) is 19.4 Å². The fraction of sp³-hybridized carbons (Fsp3) is 0.706. The van der Waals surface area contributed by atoms with Crippen LogP contribution in [0.15, 0.2) is 18.2 Å². The van der Waals surface area contributed by atoms with E-state index in [9.17, 15) is 0 Å². The van der Waals surface area contributed by atoms with Gasteiger partial charge in [0.2, 0.25) is 0 Å². The monoisotopic (exact) mass is 275 g/mol. The Kier molecular flexibility index (Phi) is 5.03. The molecule has 0 saturated heterocycles. The zero-order valence-corrected chi connectivity index (χ0v) is 13.4. The molecule has 1 aromatic rings. The first kappa shape index (κ1) is 15.3. The molecule has 20 heavy (non-hydrogen) atoms. The molecule has 1 fully saturated rings. The number of pyridine rings is 1. The number of rotatable bonds is 7. The van der Waals surface area contributed by atoms with Crippen molar-refractivity contribution in [1.29, 1.82) is 0 Å². The number of anilines is 1. The predicted octanol–water partition coefficient (Wildman–Crippen LogP) is 3.74.